The van der Waals surface area contributed by atoms with E-state index in [0.717, 1.165) is 47.8 Å². The van der Waals surface area contributed by atoms with E-state index in [-0.39, 0.29) is 18.4 Å². The number of fused-ring (bicyclic) bond motifs is 2. The summed E-state index contributed by atoms with van der Waals surface area (Å²) < 4.78 is 0. The molecule has 0 unspecified atom stereocenters. The van der Waals surface area contributed by atoms with Crippen molar-refractivity contribution < 1.29 is 5.11 Å². The van der Waals surface area contributed by atoms with Crippen LogP contribution in [0.5, 0.6) is 0 Å². The molecule has 28 heavy (non-hydrogen) atoms. The number of rotatable bonds is 3. The first-order chi connectivity index (χ1) is 13.3. The highest BCUT2D eigenvalue weighted by Gasteiger charge is 2.32. The molecule has 1 aliphatic carbocycles. The number of nitrogens with zero attached hydrogens (tertiary/aromatic N) is 3. The molecule has 1 aliphatic heterocycles. The Morgan fingerprint density at radius 1 is 1.07 bits per heavy atom. The van der Waals surface area contributed by atoms with Gasteiger partial charge in [0.15, 0.2) is 5.82 Å². The molecule has 2 atom stereocenters. The van der Waals surface area contributed by atoms with Crippen molar-refractivity contribution >= 4 is 18.2 Å². The largest absolute Gasteiger partial charge is 0.390 e. The van der Waals surface area contributed by atoms with E-state index in [4.69, 9.17) is 9.97 Å². The van der Waals surface area contributed by atoms with Crippen molar-refractivity contribution in [3.8, 4) is 11.5 Å². The Morgan fingerprint density at radius 3 is 2.79 bits per heavy atom. The van der Waals surface area contributed by atoms with Gasteiger partial charge in [0.1, 0.15) is 11.5 Å². The van der Waals surface area contributed by atoms with Crippen molar-refractivity contribution in [1.82, 2.24) is 20.3 Å². The Bertz CT molecular complexity index is 982. The number of aliphatic hydroxyl groups is 1. The number of aromatic nitrogens is 3. The first-order valence-corrected chi connectivity index (χ1v) is 9.34. The zero-order valence-corrected chi connectivity index (χ0v) is 16.1. The van der Waals surface area contributed by atoms with Crippen molar-refractivity contribution in [2.75, 3.05) is 11.9 Å². The summed E-state index contributed by atoms with van der Waals surface area (Å²) in [7, 11) is 0. The minimum Gasteiger partial charge on any atom is -0.390 e. The maximum atomic E-state index is 10.6. The van der Waals surface area contributed by atoms with Crippen LogP contribution in [0.2, 0.25) is 0 Å². The highest BCUT2D eigenvalue weighted by atomic mass is 35.5. The van der Waals surface area contributed by atoms with E-state index < -0.39 is 6.10 Å². The predicted octanol–water partition coefficient (Wildman–Crippen LogP) is 2.68. The van der Waals surface area contributed by atoms with Gasteiger partial charge in [0.2, 0.25) is 0 Å². The summed E-state index contributed by atoms with van der Waals surface area (Å²) in [4.78, 5) is 13.9. The van der Waals surface area contributed by atoms with Crippen LogP contribution in [0, 0.1) is 0 Å². The van der Waals surface area contributed by atoms with E-state index in [1.165, 1.54) is 5.56 Å². The quantitative estimate of drug-likeness (QED) is 0.632. The second-order valence-corrected chi connectivity index (χ2v) is 7.06. The van der Waals surface area contributed by atoms with Gasteiger partial charge in [-0.3, -0.25) is 4.98 Å². The molecule has 0 fully saturated rings. The molecule has 0 spiro atoms. The van der Waals surface area contributed by atoms with Gasteiger partial charge in [0, 0.05) is 24.7 Å². The standard InChI is InChI=1S/C21H21N5O.ClH/c27-18-11-13-5-1-2-6-14(13)19(18)25-20-15-8-10-22-12-17(15)24-21(26-20)16-7-3-4-9-23-16;/h1-7,9,18-19,22,27H,8,10-12H2,(H,24,25,26);1H/t18-,19+;/m0./s1. The van der Waals surface area contributed by atoms with Gasteiger partial charge in [-0.15, -0.1) is 12.4 Å². The van der Waals surface area contributed by atoms with E-state index in [1.807, 2.05) is 30.3 Å². The lowest BCUT2D eigenvalue weighted by molar-refractivity contribution is 0.165. The van der Waals surface area contributed by atoms with Crippen LogP contribution in [-0.4, -0.2) is 32.7 Å². The molecule has 0 radical (unpaired) electrons. The first-order valence-electron chi connectivity index (χ1n) is 9.34. The molecule has 7 heteroatoms. The van der Waals surface area contributed by atoms with E-state index in [2.05, 4.69) is 27.8 Å². The maximum absolute atomic E-state index is 10.6. The summed E-state index contributed by atoms with van der Waals surface area (Å²) >= 11 is 0. The number of hydrogen-bond donors (Lipinski definition) is 3. The van der Waals surface area contributed by atoms with Crippen LogP contribution in [0.4, 0.5) is 5.82 Å². The van der Waals surface area contributed by atoms with Crippen molar-refractivity contribution in [2.24, 2.45) is 0 Å². The van der Waals surface area contributed by atoms with Gasteiger partial charge >= 0.3 is 0 Å². The molecule has 0 amide bonds. The normalized spacial score (nSPS) is 20.0. The zero-order chi connectivity index (χ0) is 18.2. The van der Waals surface area contributed by atoms with Crippen LogP contribution in [0.15, 0.2) is 48.7 Å². The minimum atomic E-state index is -0.465. The molecule has 6 nitrogen and oxygen atoms in total. The number of halogens is 1. The van der Waals surface area contributed by atoms with Crippen molar-refractivity contribution in [2.45, 2.75) is 31.5 Å². The molecule has 144 valence electrons. The first kappa shape index (κ1) is 18.8. The van der Waals surface area contributed by atoms with Crippen molar-refractivity contribution in [3.63, 3.8) is 0 Å². The van der Waals surface area contributed by atoms with E-state index >= 15 is 0 Å². The van der Waals surface area contributed by atoms with Crippen LogP contribution in [0.25, 0.3) is 11.5 Å². The highest BCUT2D eigenvalue weighted by molar-refractivity contribution is 5.85. The molecule has 2 aliphatic rings. The lowest BCUT2D eigenvalue weighted by Crippen LogP contribution is -2.28. The fourth-order valence-corrected chi connectivity index (χ4v) is 3.98. The van der Waals surface area contributed by atoms with Crippen LogP contribution >= 0.6 is 12.4 Å². The smallest absolute Gasteiger partial charge is 0.180 e. The molecule has 3 N–H and O–H groups in total. The lowest BCUT2D eigenvalue weighted by Gasteiger charge is -2.24. The SMILES string of the molecule is Cl.O[C@H]1Cc2ccccc2[C@H]1Nc1nc(-c2ccccn2)nc2c1CCNC2. The predicted molar refractivity (Wildman–Crippen MR) is 110 cm³/mol. The van der Waals surface area contributed by atoms with E-state index in [0.29, 0.717) is 12.2 Å². The van der Waals surface area contributed by atoms with Crippen LogP contribution < -0.4 is 10.6 Å². The summed E-state index contributed by atoms with van der Waals surface area (Å²) in [5.74, 6) is 1.42. The zero-order valence-electron chi connectivity index (χ0n) is 15.3. The number of pyridine rings is 1. The van der Waals surface area contributed by atoms with E-state index in [1.54, 1.807) is 6.20 Å². The third-order valence-electron chi connectivity index (χ3n) is 5.33. The monoisotopic (exact) mass is 395 g/mol. The van der Waals surface area contributed by atoms with Crippen LogP contribution in [-0.2, 0) is 19.4 Å². The average molecular weight is 396 g/mol. The molecular formula is C21H22ClN5O. The van der Waals surface area contributed by atoms with Crippen molar-refractivity contribution in [3.05, 3.63) is 71.0 Å². The molecule has 3 heterocycles. The van der Waals surface area contributed by atoms with Gasteiger partial charge in [-0.1, -0.05) is 30.3 Å². The van der Waals surface area contributed by atoms with Gasteiger partial charge < -0.3 is 15.7 Å². The Kier molecular flexibility index (Phi) is 5.26. The molecule has 0 bridgehead atoms. The average Bonchev–Trinajstić information content (AvgIpc) is 3.04. The molecule has 2 aromatic heterocycles. The topological polar surface area (TPSA) is 83.0 Å². The summed E-state index contributed by atoms with van der Waals surface area (Å²) in [6.07, 6.45) is 2.81. The molecule has 3 aromatic rings. The van der Waals surface area contributed by atoms with Gasteiger partial charge in [0.05, 0.1) is 17.8 Å². The molecule has 0 saturated carbocycles. The lowest BCUT2D eigenvalue weighted by atomic mass is 10.0. The van der Waals surface area contributed by atoms with Crippen molar-refractivity contribution in [1.29, 1.82) is 0 Å². The minimum absolute atomic E-state index is 0. The maximum Gasteiger partial charge on any atom is 0.180 e. The summed E-state index contributed by atoms with van der Waals surface area (Å²) in [6, 6.07) is 13.8. The summed E-state index contributed by atoms with van der Waals surface area (Å²) in [5.41, 5.74) is 5.22. The Labute approximate surface area is 169 Å². The Hall–Kier alpha value is -2.54. The summed E-state index contributed by atoms with van der Waals surface area (Å²) in [6.45, 7) is 1.62. The fraction of sp³-hybridized carbons (Fsp3) is 0.286. The molecule has 1 aromatic carbocycles. The summed E-state index contributed by atoms with van der Waals surface area (Å²) in [5, 5.41) is 17.5. The highest BCUT2D eigenvalue weighted by Crippen LogP contribution is 2.35. The fourth-order valence-electron chi connectivity index (χ4n) is 3.98. The number of aliphatic hydroxyl groups excluding tert-OH is 1. The number of hydrogen-bond acceptors (Lipinski definition) is 6. The Balaban J connectivity index is 0.00000192. The number of benzene rings is 1. The molecule has 0 saturated heterocycles. The van der Waals surface area contributed by atoms with Gasteiger partial charge in [-0.2, -0.15) is 0 Å². The number of anilines is 1. The third-order valence-corrected chi connectivity index (χ3v) is 5.33. The van der Waals surface area contributed by atoms with Gasteiger partial charge in [0.25, 0.3) is 0 Å². The third kappa shape index (κ3) is 3.35. The second-order valence-electron chi connectivity index (χ2n) is 7.06. The van der Waals surface area contributed by atoms with E-state index in [9.17, 15) is 5.11 Å². The van der Waals surface area contributed by atoms with Crippen LogP contribution in [0.3, 0.4) is 0 Å². The second kappa shape index (κ2) is 7.83. The van der Waals surface area contributed by atoms with Gasteiger partial charge in [-0.25, -0.2) is 9.97 Å². The molecular weight excluding hydrogens is 374 g/mol. The van der Waals surface area contributed by atoms with Gasteiger partial charge in [-0.05, 0) is 36.2 Å². The Morgan fingerprint density at radius 2 is 1.93 bits per heavy atom. The van der Waals surface area contributed by atoms with Crippen LogP contribution in [0.1, 0.15) is 28.4 Å². The molecule has 5 rings (SSSR count). The number of nitrogens with one attached hydrogen (secondary N) is 2.